The topological polar surface area (TPSA) is 81.3 Å². The van der Waals surface area contributed by atoms with Crippen LogP contribution in [0.3, 0.4) is 0 Å². The Morgan fingerprint density at radius 1 is 1.22 bits per heavy atom. The fraction of sp³-hybridized carbons (Fsp3) is 0.176. The lowest BCUT2D eigenvalue weighted by atomic mass is 10.1. The number of rotatable bonds is 2. The minimum atomic E-state index is -0.832. The molecule has 0 saturated heterocycles. The smallest absolute Gasteiger partial charge is 0.247 e. The minimum Gasteiger partial charge on any atom is -0.448 e. The fourth-order valence-corrected chi connectivity index (χ4v) is 3.79. The number of furan rings is 1. The zero-order chi connectivity index (χ0) is 19.1. The van der Waals surface area contributed by atoms with E-state index in [0.29, 0.717) is 32.5 Å². The van der Waals surface area contributed by atoms with Crippen molar-refractivity contribution in [2.24, 2.45) is 0 Å². The lowest BCUT2D eigenvalue weighted by molar-refractivity contribution is -0.118. The number of anilines is 1. The number of hydrogen-bond acceptors (Lipinski definition) is 7. The third-order valence-corrected chi connectivity index (χ3v) is 5.38. The number of amides is 1. The Hall–Kier alpha value is -1.91. The van der Waals surface area contributed by atoms with E-state index in [0.717, 1.165) is 4.47 Å². The zero-order valence-corrected chi connectivity index (χ0v) is 18.1. The van der Waals surface area contributed by atoms with Gasteiger partial charge in [-0.25, -0.2) is 0 Å². The second-order valence-corrected chi connectivity index (χ2v) is 8.09. The summed E-state index contributed by atoms with van der Waals surface area (Å²) in [5.41, 5.74) is 1.79. The number of carbonyl (C=O) groups is 1. The van der Waals surface area contributed by atoms with Crippen LogP contribution in [-0.2, 0) is 4.79 Å². The molecule has 2 aromatic heterocycles. The summed E-state index contributed by atoms with van der Waals surface area (Å²) in [6.07, 6.45) is 1.02. The Labute approximate surface area is 175 Å². The molecule has 0 unspecified atom stereocenters. The van der Waals surface area contributed by atoms with Gasteiger partial charge in [-0.2, -0.15) is 4.98 Å². The van der Waals surface area contributed by atoms with Gasteiger partial charge in [-0.05, 0) is 52.5 Å². The van der Waals surface area contributed by atoms with E-state index in [9.17, 15) is 4.79 Å². The van der Waals surface area contributed by atoms with Gasteiger partial charge in [-0.3, -0.25) is 9.69 Å². The van der Waals surface area contributed by atoms with Crippen molar-refractivity contribution in [1.82, 2.24) is 15.2 Å². The van der Waals surface area contributed by atoms with Crippen LogP contribution in [0.25, 0.3) is 11.3 Å². The summed E-state index contributed by atoms with van der Waals surface area (Å²) < 4.78 is 13.2. The summed E-state index contributed by atoms with van der Waals surface area (Å²) >= 11 is 8.13. The van der Waals surface area contributed by atoms with Crippen molar-refractivity contribution >= 4 is 55.2 Å². The SMILES string of the molecule is CSc1nnc2c(n1)O[C@H](c1ccc(Br)o1)N(C(C)=O)c1ccc(Br)cc1-2. The van der Waals surface area contributed by atoms with E-state index >= 15 is 0 Å². The molecular weight excluding hydrogens is 500 g/mol. The van der Waals surface area contributed by atoms with Crippen LogP contribution in [0.15, 0.2) is 49.0 Å². The Bertz CT molecular complexity index is 1040. The number of thioether (sulfide) groups is 1. The van der Waals surface area contributed by atoms with Crippen LogP contribution >= 0.6 is 43.6 Å². The average Bonchev–Trinajstić information content (AvgIpc) is 3.02. The molecule has 0 radical (unpaired) electrons. The van der Waals surface area contributed by atoms with Gasteiger partial charge in [0.15, 0.2) is 16.1 Å². The van der Waals surface area contributed by atoms with Crippen molar-refractivity contribution < 1.29 is 13.9 Å². The average molecular weight is 512 g/mol. The summed E-state index contributed by atoms with van der Waals surface area (Å²) in [6.45, 7) is 1.47. The van der Waals surface area contributed by atoms with E-state index in [1.54, 1.807) is 12.1 Å². The molecule has 1 atom stereocenters. The second kappa shape index (κ2) is 7.25. The van der Waals surface area contributed by atoms with Gasteiger partial charge in [-0.15, -0.1) is 10.2 Å². The highest BCUT2D eigenvalue weighted by Gasteiger charge is 2.36. The summed E-state index contributed by atoms with van der Waals surface area (Å²) in [5.74, 6) is 0.542. The van der Waals surface area contributed by atoms with Gasteiger partial charge >= 0.3 is 0 Å². The molecule has 1 aromatic carbocycles. The van der Waals surface area contributed by atoms with Crippen LogP contribution in [0.1, 0.15) is 18.9 Å². The third-order valence-electron chi connectivity index (χ3n) is 3.93. The van der Waals surface area contributed by atoms with Crippen LogP contribution < -0.4 is 9.64 Å². The summed E-state index contributed by atoms with van der Waals surface area (Å²) in [5, 5.41) is 8.90. The minimum absolute atomic E-state index is 0.207. The molecule has 1 aliphatic rings. The molecule has 138 valence electrons. The molecule has 0 N–H and O–H groups in total. The van der Waals surface area contributed by atoms with Gasteiger partial charge < -0.3 is 9.15 Å². The lowest BCUT2D eigenvalue weighted by Gasteiger charge is -2.28. The second-order valence-electron chi connectivity index (χ2n) is 5.61. The highest BCUT2D eigenvalue weighted by atomic mass is 79.9. The first-order valence-corrected chi connectivity index (χ1v) is 10.6. The molecule has 0 fully saturated rings. The molecular formula is C17H12Br2N4O3S. The summed E-state index contributed by atoms with van der Waals surface area (Å²) in [7, 11) is 0. The highest BCUT2D eigenvalue weighted by molar-refractivity contribution is 9.10. The maximum Gasteiger partial charge on any atom is 0.247 e. The third kappa shape index (κ3) is 3.37. The van der Waals surface area contributed by atoms with Crippen LogP contribution in [0.4, 0.5) is 5.69 Å². The van der Waals surface area contributed by atoms with E-state index in [1.165, 1.54) is 23.6 Å². The Morgan fingerprint density at radius 2 is 2.04 bits per heavy atom. The molecule has 0 aliphatic carbocycles. The largest absolute Gasteiger partial charge is 0.448 e. The lowest BCUT2D eigenvalue weighted by Crippen LogP contribution is -2.35. The number of fused-ring (bicyclic) bond motifs is 3. The molecule has 3 heterocycles. The normalized spacial score (nSPS) is 15.6. The van der Waals surface area contributed by atoms with Crippen LogP contribution in [-0.4, -0.2) is 27.3 Å². The summed E-state index contributed by atoms with van der Waals surface area (Å²) in [4.78, 5) is 18.6. The van der Waals surface area contributed by atoms with E-state index in [-0.39, 0.29) is 11.8 Å². The van der Waals surface area contributed by atoms with Crippen molar-refractivity contribution in [3.05, 3.63) is 45.2 Å². The molecule has 1 amide bonds. The fourth-order valence-electron chi connectivity index (χ4n) is 2.81. The number of halogens is 2. The quantitative estimate of drug-likeness (QED) is 0.456. The van der Waals surface area contributed by atoms with Crippen molar-refractivity contribution in [2.75, 3.05) is 11.2 Å². The monoisotopic (exact) mass is 510 g/mol. The van der Waals surface area contributed by atoms with Gasteiger partial charge in [0, 0.05) is 17.0 Å². The van der Waals surface area contributed by atoms with Gasteiger partial charge in [-0.1, -0.05) is 27.7 Å². The molecule has 10 heteroatoms. The molecule has 27 heavy (non-hydrogen) atoms. The van der Waals surface area contributed by atoms with Crippen LogP contribution in [0.2, 0.25) is 0 Å². The molecule has 0 bridgehead atoms. The first-order chi connectivity index (χ1) is 13.0. The van der Waals surface area contributed by atoms with Gasteiger partial charge in [0.2, 0.25) is 23.2 Å². The number of hydrogen-bond donors (Lipinski definition) is 0. The molecule has 4 rings (SSSR count). The van der Waals surface area contributed by atoms with Gasteiger partial charge in [0.25, 0.3) is 0 Å². The molecule has 1 aliphatic heterocycles. The highest BCUT2D eigenvalue weighted by Crippen LogP contribution is 2.44. The van der Waals surface area contributed by atoms with Crippen LogP contribution in [0, 0.1) is 0 Å². The van der Waals surface area contributed by atoms with E-state index in [1.807, 2.05) is 24.5 Å². The Balaban J connectivity index is 2.00. The number of nitrogens with zero attached hydrogens (tertiary/aromatic N) is 4. The number of benzene rings is 1. The molecule has 7 nitrogen and oxygen atoms in total. The first-order valence-electron chi connectivity index (χ1n) is 7.78. The maximum atomic E-state index is 12.6. The van der Waals surface area contributed by atoms with E-state index in [4.69, 9.17) is 9.15 Å². The maximum absolute atomic E-state index is 12.6. The van der Waals surface area contributed by atoms with Gasteiger partial charge in [0.1, 0.15) is 0 Å². The molecule has 3 aromatic rings. The number of carbonyl (C=O) groups excluding carboxylic acids is 1. The predicted octanol–water partition coefficient (Wildman–Crippen LogP) is 4.82. The van der Waals surface area contributed by atoms with Crippen molar-refractivity contribution in [3.8, 4) is 17.1 Å². The Kier molecular flexibility index (Phi) is 4.95. The molecule has 0 saturated carbocycles. The van der Waals surface area contributed by atoms with Gasteiger partial charge in [0.05, 0.1) is 5.69 Å². The predicted molar refractivity (Wildman–Crippen MR) is 108 cm³/mol. The number of aromatic nitrogens is 3. The summed E-state index contributed by atoms with van der Waals surface area (Å²) in [6, 6.07) is 9.04. The first kappa shape index (κ1) is 18.5. The van der Waals surface area contributed by atoms with Crippen molar-refractivity contribution in [3.63, 3.8) is 0 Å². The number of ether oxygens (including phenoxy) is 1. The zero-order valence-electron chi connectivity index (χ0n) is 14.1. The van der Waals surface area contributed by atoms with E-state index < -0.39 is 6.23 Å². The molecule has 0 spiro atoms. The standard InChI is InChI=1S/C17H12Br2N4O3S/c1-8(24)23-11-4-3-9(18)7-10(11)14-15(20-17(27-2)22-21-14)26-16(23)12-5-6-13(19)25-12/h3-7,16H,1-2H3/t16-/m1/s1. The Morgan fingerprint density at radius 3 is 2.70 bits per heavy atom. The van der Waals surface area contributed by atoms with Crippen LogP contribution in [0.5, 0.6) is 5.88 Å². The van der Waals surface area contributed by atoms with E-state index in [2.05, 4.69) is 47.0 Å². The van der Waals surface area contributed by atoms with Crippen molar-refractivity contribution in [1.29, 1.82) is 0 Å². The van der Waals surface area contributed by atoms with Crippen molar-refractivity contribution in [2.45, 2.75) is 18.3 Å².